The average Bonchev–Trinajstić information content (AvgIpc) is 2.93. The molecule has 1 aromatic carbocycles. The zero-order valence-corrected chi connectivity index (χ0v) is 18.6. The third-order valence-corrected chi connectivity index (χ3v) is 5.23. The van der Waals surface area contributed by atoms with Gasteiger partial charge in [-0.15, -0.1) is 0 Å². The Labute approximate surface area is 179 Å². The van der Waals surface area contributed by atoms with Crippen molar-refractivity contribution in [2.75, 3.05) is 14.1 Å². The number of hydrazine groups is 1. The average molecular weight is 458 g/mol. The molecule has 0 atom stereocenters. The van der Waals surface area contributed by atoms with Crippen LogP contribution in [0.4, 0.5) is 0 Å². The van der Waals surface area contributed by atoms with E-state index in [0.717, 1.165) is 39.5 Å². The van der Waals surface area contributed by atoms with Crippen molar-refractivity contribution in [3.05, 3.63) is 93.0 Å². The van der Waals surface area contributed by atoms with E-state index >= 15 is 0 Å². The second kappa shape index (κ2) is 9.93. The van der Waals surface area contributed by atoms with E-state index in [2.05, 4.69) is 73.9 Å². The molecular weight excluding hydrogens is 434 g/mol. The Balaban J connectivity index is 1.92. The summed E-state index contributed by atoms with van der Waals surface area (Å²) < 4.78 is 4.06. The normalized spacial score (nSPS) is 18.6. The molecule has 0 amide bonds. The van der Waals surface area contributed by atoms with Gasteiger partial charge in [-0.2, -0.15) is 0 Å². The van der Waals surface area contributed by atoms with Crippen LogP contribution >= 0.6 is 27.9 Å². The molecule has 1 aliphatic heterocycles. The van der Waals surface area contributed by atoms with E-state index in [1.54, 1.807) is 11.9 Å². The SMILES string of the molecule is CNSC1=CCC=C(NC2=CC(c3ccccc3)=N/C(=C(/C)Br)N2NC)C=C1. The van der Waals surface area contributed by atoms with Gasteiger partial charge in [-0.25, -0.2) is 15.4 Å². The van der Waals surface area contributed by atoms with Crippen molar-refractivity contribution in [2.45, 2.75) is 13.3 Å². The Morgan fingerprint density at radius 1 is 1.14 bits per heavy atom. The molecule has 0 fully saturated rings. The molecule has 1 aromatic rings. The molecule has 0 saturated heterocycles. The summed E-state index contributed by atoms with van der Waals surface area (Å²) >= 11 is 5.21. The molecule has 0 bridgehead atoms. The minimum absolute atomic E-state index is 0.814. The van der Waals surface area contributed by atoms with Gasteiger partial charge in [-0.1, -0.05) is 58.4 Å². The first-order valence-electron chi connectivity index (χ1n) is 9.01. The smallest absolute Gasteiger partial charge is 0.159 e. The molecule has 0 radical (unpaired) electrons. The molecule has 146 valence electrons. The minimum atomic E-state index is 0.814. The van der Waals surface area contributed by atoms with Gasteiger partial charge in [0.05, 0.1) is 5.71 Å². The molecule has 5 nitrogen and oxygen atoms in total. The first-order valence-corrected chi connectivity index (χ1v) is 10.6. The molecule has 7 heteroatoms. The molecular formula is C21H24BrN5S. The van der Waals surface area contributed by atoms with Gasteiger partial charge >= 0.3 is 0 Å². The summed E-state index contributed by atoms with van der Waals surface area (Å²) in [5.41, 5.74) is 6.24. The zero-order chi connectivity index (χ0) is 19.9. The summed E-state index contributed by atoms with van der Waals surface area (Å²) in [6.45, 7) is 1.99. The highest BCUT2D eigenvalue weighted by atomic mass is 79.9. The molecule has 1 heterocycles. The lowest BCUT2D eigenvalue weighted by molar-refractivity contribution is 0.317. The molecule has 3 rings (SSSR count). The fourth-order valence-corrected chi connectivity index (χ4v) is 3.67. The summed E-state index contributed by atoms with van der Waals surface area (Å²) in [7, 11) is 3.81. The van der Waals surface area contributed by atoms with E-state index in [1.807, 2.05) is 44.2 Å². The van der Waals surface area contributed by atoms with Gasteiger partial charge in [0.15, 0.2) is 5.82 Å². The van der Waals surface area contributed by atoms with Gasteiger partial charge in [0, 0.05) is 33.8 Å². The van der Waals surface area contributed by atoms with Crippen LogP contribution in [0.5, 0.6) is 0 Å². The third-order valence-electron chi connectivity index (χ3n) is 4.13. The maximum absolute atomic E-state index is 4.84. The monoisotopic (exact) mass is 457 g/mol. The summed E-state index contributed by atoms with van der Waals surface area (Å²) in [6.07, 6.45) is 11.5. The van der Waals surface area contributed by atoms with Crippen LogP contribution in [0.3, 0.4) is 0 Å². The number of aliphatic imine (C=N–C) groups is 1. The molecule has 3 N–H and O–H groups in total. The highest BCUT2D eigenvalue weighted by Crippen LogP contribution is 2.25. The summed E-state index contributed by atoms with van der Waals surface area (Å²) in [5, 5.41) is 5.48. The predicted octanol–water partition coefficient (Wildman–Crippen LogP) is 4.54. The second-order valence-corrected chi connectivity index (χ2v) is 8.35. The third kappa shape index (κ3) is 5.05. The first kappa shape index (κ1) is 20.7. The van der Waals surface area contributed by atoms with Gasteiger partial charge < -0.3 is 5.32 Å². The van der Waals surface area contributed by atoms with Gasteiger partial charge in [-0.05, 0) is 44.5 Å². The van der Waals surface area contributed by atoms with Crippen molar-refractivity contribution in [3.63, 3.8) is 0 Å². The van der Waals surface area contributed by atoms with Gasteiger partial charge in [-0.3, -0.25) is 4.72 Å². The lowest BCUT2D eigenvalue weighted by atomic mass is 10.1. The van der Waals surface area contributed by atoms with Crippen molar-refractivity contribution in [1.29, 1.82) is 0 Å². The van der Waals surface area contributed by atoms with E-state index in [9.17, 15) is 0 Å². The van der Waals surface area contributed by atoms with Gasteiger partial charge in [0.1, 0.15) is 5.82 Å². The predicted molar refractivity (Wildman–Crippen MR) is 123 cm³/mol. The van der Waals surface area contributed by atoms with Crippen molar-refractivity contribution >= 4 is 33.6 Å². The molecule has 1 aliphatic carbocycles. The standard InChI is InChI=1S/C21H24BrN5S/c1-15(22)21-26-19(16-8-5-4-6-9-16)14-20(27(21)23-2)25-17-10-7-11-18(13-12-17)28-24-3/h4-6,8-14,23-25H,7H2,1-3H3/b21-15+. The van der Waals surface area contributed by atoms with E-state index in [-0.39, 0.29) is 0 Å². The Hall–Kier alpha value is -2.06. The first-order chi connectivity index (χ1) is 13.6. The van der Waals surface area contributed by atoms with Crippen LogP contribution in [0.1, 0.15) is 18.9 Å². The van der Waals surface area contributed by atoms with Crippen LogP contribution in [0.15, 0.2) is 92.4 Å². The number of hydrogen-bond donors (Lipinski definition) is 3. The van der Waals surface area contributed by atoms with Crippen LogP contribution in [-0.2, 0) is 0 Å². The number of rotatable bonds is 6. The number of hydrogen-bond acceptors (Lipinski definition) is 6. The minimum Gasteiger partial charge on any atom is -0.341 e. The highest BCUT2D eigenvalue weighted by Gasteiger charge is 2.22. The van der Waals surface area contributed by atoms with E-state index in [4.69, 9.17) is 4.99 Å². The Kier molecular flexibility index (Phi) is 7.33. The Morgan fingerprint density at radius 2 is 1.93 bits per heavy atom. The summed E-state index contributed by atoms with van der Waals surface area (Å²) in [5.74, 6) is 1.72. The fraction of sp³-hybridized carbons (Fsp3) is 0.190. The van der Waals surface area contributed by atoms with Crippen LogP contribution in [-0.4, -0.2) is 24.8 Å². The molecule has 0 unspecified atom stereocenters. The number of allylic oxidation sites excluding steroid dienone is 6. The molecule has 28 heavy (non-hydrogen) atoms. The summed E-state index contributed by atoms with van der Waals surface area (Å²) in [6, 6.07) is 10.2. The largest absolute Gasteiger partial charge is 0.341 e. The van der Waals surface area contributed by atoms with E-state index < -0.39 is 0 Å². The number of nitrogens with one attached hydrogen (secondary N) is 3. The Bertz CT molecular complexity index is 893. The lowest BCUT2D eigenvalue weighted by Gasteiger charge is -2.31. The van der Waals surface area contributed by atoms with Crippen molar-refractivity contribution in [2.24, 2.45) is 4.99 Å². The van der Waals surface area contributed by atoms with Crippen LogP contribution in [0, 0.1) is 0 Å². The van der Waals surface area contributed by atoms with Crippen LogP contribution in [0.25, 0.3) is 0 Å². The second-order valence-electron chi connectivity index (χ2n) is 6.07. The zero-order valence-electron chi connectivity index (χ0n) is 16.2. The van der Waals surface area contributed by atoms with Crippen molar-refractivity contribution < 1.29 is 0 Å². The molecule has 0 spiro atoms. The van der Waals surface area contributed by atoms with Crippen LogP contribution in [0.2, 0.25) is 0 Å². The van der Waals surface area contributed by atoms with E-state index in [1.165, 1.54) is 4.91 Å². The van der Waals surface area contributed by atoms with Gasteiger partial charge in [0.2, 0.25) is 0 Å². The molecule has 0 saturated carbocycles. The maximum atomic E-state index is 4.84. The van der Waals surface area contributed by atoms with Gasteiger partial charge in [0.25, 0.3) is 0 Å². The van der Waals surface area contributed by atoms with Crippen molar-refractivity contribution in [3.8, 4) is 0 Å². The Morgan fingerprint density at radius 3 is 2.61 bits per heavy atom. The fourth-order valence-electron chi connectivity index (χ4n) is 2.85. The number of nitrogens with zero attached hydrogens (tertiary/aromatic N) is 2. The van der Waals surface area contributed by atoms with Crippen molar-refractivity contribution in [1.82, 2.24) is 20.5 Å². The molecule has 2 aliphatic rings. The summed E-state index contributed by atoms with van der Waals surface area (Å²) in [4.78, 5) is 6.04. The number of benzene rings is 1. The highest BCUT2D eigenvalue weighted by molar-refractivity contribution is 9.11. The van der Waals surface area contributed by atoms with Crippen LogP contribution < -0.4 is 15.5 Å². The topological polar surface area (TPSA) is 51.7 Å². The quantitative estimate of drug-likeness (QED) is 0.547. The number of halogens is 1. The maximum Gasteiger partial charge on any atom is 0.159 e. The molecule has 0 aromatic heterocycles. The lowest BCUT2D eigenvalue weighted by Crippen LogP contribution is -2.41. The van der Waals surface area contributed by atoms with E-state index in [0.29, 0.717) is 0 Å².